The lowest BCUT2D eigenvalue weighted by Gasteiger charge is -2.05. The highest BCUT2D eigenvalue weighted by molar-refractivity contribution is 7.71. The molecule has 0 saturated carbocycles. The summed E-state index contributed by atoms with van der Waals surface area (Å²) in [7, 11) is 0. The van der Waals surface area contributed by atoms with Crippen molar-refractivity contribution in [3.05, 3.63) is 58.9 Å². The standard InChI is InChI=1S/C17H16N4O2S/c1-2-23-15-5-3-4-13(10-15)16-19-20-17(24)21(16)18-11-12-6-8-14(22)9-7-12/h3-11,22H,2H2,1H3,(H,20,24). The number of H-pyrrole nitrogens is 1. The Labute approximate surface area is 144 Å². The summed E-state index contributed by atoms with van der Waals surface area (Å²) in [5.74, 6) is 1.56. The van der Waals surface area contributed by atoms with Crippen LogP contribution >= 0.6 is 12.2 Å². The van der Waals surface area contributed by atoms with E-state index in [2.05, 4.69) is 15.3 Å². The zero-order chi connectivity index (χ0) is 16.9. The molecule has 7 heteroatoms. The number of phenols is 1. The SMILES string of the molecule is CCOc1cccc(-c2n[nH]c(=S)n2N=Cc2ccc(O)cc2)c1. The highest BCUT2D eigenvalue weighted by atomic mass is 32.1. The topological polar surface area (TPSA) is 75.4 Å². The smallest absolute Gasteiger partial charge is 0.216 e. The van der Waals surface area contributed by atoms with Crippen LogP contribution < -0.4 is 4.74 Å². The van der Waals surface area contributed by atoms with Crippen molar-refractivity contribution >= 4 is 18.4 Å². The summed E-state index contributed by atoms with van der Waals surface area (Å²) >= 11 is 5.25. The Morgan fingerprint density at radius 2 is 2.08 bits per heavy atom. The van der Waals surface area contributed by atoms with Gasteiger partial charge in [0.15, 0.2) is 5.82 Å². The maximum absolute atomic E-state index is 9.32. The summed E-state index contributed by atoms with van der Waals surface area (Å²) in [6.07, 6.45) is 1.65. The maximum atomic E-state index is 9.32. The second-order valence-corrected chi connectivity index (χ2v) is 5.35. The average Bonchev–Trinajstić information content (AvgIpc) is 2.96. The third kappa shape index (κ3) is 3.52. The molecule has 0 unspecified atom stereocenters. The van der Waals surface area contributed by atoms with E-state index in [1.165, 1.54) is 0 Å². The molecule has 0 fully saturated rings. The Balaban J connectivity index is 1.95. The van der Waals surface area contributed by atoms with Gasteiger partial charge < -0.3 is 9.84 Å². The van der Waals surface area contributed by atoms with E-state index in [0.29, 0.717) is 17.2 Å². The second-order valence-electron chi connectivity index (χ2n) is 4.96. The maximum Gasteiger partial charge on any atom is 0.216 e. The molecule has 6 nitrogen and oxygen atoms in total. The Bertz CT molecular complexity index is 913. The lowest BCUT2D eigenvalue weighted by Crippen LogP contribution is -1.96. The van der Waals surface area contributed by atoms with E-state index >= 15 is 0 Å². The van der Waals surface area contributed by atoms with Gasteiger partial charge in [-0.25, -0.2) is 5.10 Å². The van der Waals surface area contributed by atoms with Crippen LogP contribution in [0, 0.1) is 4.77 Å². The lowest BCUT2D eigenvalue weighted by molar-refractivity contribution is 0.340. The number of aromatic hydroxyl groups is 1. The van der Waals surface area contributed by atoms with Crippen LogP contribution in [0.5, 0.6) is 11.5 Å². The number of phenolic OH excluding ortho intramolecular Hbond substituents is 1. The molecule has 0 amide bonds. The van der Waals surface area contributed by atoms with Gasteiger partial charge in [-0.3, -0.25) is 0 Å². The highest BCUT2D eigenvalue weighted by Gasteiger charge is 2.09. The van der Waals surface area contributed by atoms with Gasteiger partial charge >= 0.3 is 0 Å². The number of aromatic amines is 1. The number of aromatic nitrogens is 3. The van der Waals surface area contributed by atoms with E-state index in [1.54, 1.807) is 35.2 Å². The zero-order valence-electron chi connectivity index (χ0n) is 13.0. The van der Waals surface area contributed by atoms with Crippen LogP contribution in [-0.2, 0) is 0 Å². The van der Waals surface area contributed by atoms with Crippen molar-refractivity contribution in [2.45, 2.75) is 6.92 Å². The molecule has 122 valence electrons. The fraction of sp³-hybridized carbons (Fsp3) is 0.118. The molecule has 1 heterocycles. The zero-order valence-corrected chi connectivity index (χ0v) is 13.8. The largest absolute Gasteiger partial charge is 0.508 e. The minimum absolute atomic E-state index is 0.209. The number of benzene rings is 2. The number of hydrogen-bond acceptors (Lipinski definition) is 5. The third-order valence-electron chi connectivity index (χ3n) is 3.27. The van der Waals surface area contributed by atoms with Gasteiger partial charge in [-0.2, -0.15) is 14.9 Å². The van der Waals surface area contributed by atoms with Gasteiger partial charge in [0.05, 0.1) is 12.8 Å². The number of ether oxygens (including phenoxy) is 1. The van der Waals surface area contributed by atoms with Crippen molar-refractivity contribution < 1.29 is 9.84 Å². The van der Waals surface area contributed by atoms with Crippen LogP contribution in [-0.4, -0.2) is 32.8 Å². The van der Waals surface area contributed by atoms with Gasteiger partial charge in [-0.05, 0) is 61.1 Å². The Hall–Kier alpha value is -2.93. The predicted octanol–water partition coefficient (Wildman–Crippen LogP) is 3.59. The van der Waals surface area contributed by atoms with E-state index < -0.39 is 0 Å². The fourth-order valence-electron chi connectivity index (χ4n) is 2.16. The van der Waals surface area contributed by atoms with Gasteiger partial charge in [0, 0.05) is 5.56 Å². The van der Waals surface area contributed by atoms with Crippen LogP contribution in [0.25, 0.3) is 11.4 Å². The molecule has 2 aromatic carbocycles. The molecule has 3 aromatic rings. The first kappa shape index (κ1) is 15.9. The molecular weight excluding hydrogens is 324 g/mol. The van der Waals surface area contributed by atoms with Crippen LogP contribution in [0.15, 0.2) is 53.6 Å². The molecule has 0 atom stereocenters. The van der Waals surface area contributed by atoms with Gasteiger partial charge in [0.25, 0.3) is 0 Å². The van der Waals surface area contributed by atoms with Crippen molar-refractivity contribution in [2.24, 2.45) is 5.10 Å². The Morgan fingerprint density at radius 1 is 1.29 bits per heavy atom. The van der Waals surface area contributed by atoms with E-state index in [4.69, 9.17) is 17.0 Å². The van der Waals surface area contributed by atoms with Gasteiger partial charge in [0.1, 0.15) is 11.5 Å². The molecule has 0 aliphatic carbocycles. The van der Waals surface area contributed by atoms with E-state index in [9.17, 15) is 5.11 Å². The molecular formula is C17H16N4O2S. The molecule has 2 N–H and O–H groups in total. The minimum atomic E-state index is 0.209. The Kier molecular flexibility index (Phi) is 4.72. The summed E-state index contributed by atoms with van der Waals surface area (Å²) in [4.78, 5) is 0. The van der Waals surface area contributed by atoms with Crippen molar-refractivity contribution in [2.75, 3.05) is 6.61 Å². The second kappa shape index (κ2) is 7.10. The third-order valence-corrected chi connectivity index (χ3v) is 3.53. The van der Waals surface area contributed by atoms with Crippen molar-refractivity contribution in [1.82, 2.24) is 14.9 Å². The molecule has 0 bridgehead atoms. The van der Waals surface area contributed by atoms with Gasteiger partial charge in [0.2, 0.25) is 4.77 Å². The first-order valence-electron chi connectivity index (χ1n) is 7.41. The minimum Gasteiger partial charge on any atom is -0.508 e. The summed E-state index contributed by atoms with van der Waals surface area (Å²) in [6, 6.07) is 14.3. The quantitative estimate of drug-likeness (QED) is 0.550. The molecule has 1 aromatic heterocycles. The molecule has 0 saturated heterocycles. The molecule has 0 aliphatic heterocycles. The van der Waals surface area contributed by atoms with Crippen LogP contribution in [0.1, 0.15) is 12.5 Å². The van der Waals surface area contributed by atoms with Crippen molar-refractivity contribution in [3.63, 3.8) is 0 Å². The van der Waals surface area contributed by atoms with Gasteiger partial charge in [-0.15, -0.1) is 0 Å². The fourth-order valence-corrected chi connectivity index (χ4v) is 2.34. The molecule has 24 heavy (non-hydrogen) atoms. The first-order valence-corrected chi connectivity index (χ1v) is 7.82. The normalized spacial score (nSPS) is 11.0. The number of nitrogens with one attached hydrogen (secondary N) is 1. The van der Waals surface area contributed by atoms with Crippen molar-refractivity contribution in [3.8, 4) is 22.9 Å². The Morgan fingerprint density at radius 3 is 2.83 bits per heavy atom. The van der Waals surface area contributed by atoms with Crippen molar-refractivity contribution in [1.29, 1.82) is 0 Å². The summed E-state index contributed by atoms with van der Waals surface area (Å²) < 4.78 is 7.46. The summed E-state index contributed by atoms with van der Waals surface area (Å²) in [5, 5.41) is 20.7. The van der Waals surface area contributed by atoms with Crippen LogP contribution in [0.4, 0.5) is 0 Å². The van der Waals surface area contributed by atoms with E-state index in [0.717, 1.165) is 16.9 Å². The van der Waals surface area contributed by atoms with Gasteiger partial charge in [-0.1, -0.05) is 12.1 Å². The van der Waals surface area contributed by atoms with E-state index in [1.807, 2.05) is 31.2 Å². The number of nitrogens with zero attached hydrogens (tertiary/aromatic N) is 3. The first-order chi connectivity index (χ1) is 11.7. The highest BCUT2D eigenvalue weighted by Crippen LogP contribution is 2.22. The average molecular weight is 340 g/mol. The molecule has 3 rings (SSSR count). The molecule has 0 spiro atoms. The predicted molar refractivity (Wildman–Crippen MR) is 95.1 cm³/mol. The lowest BCUT2D eigenvalue weighted by atomic mass is 10.2. The molecule has 0 radical (unpaired) electrons. The monoisotopic (exact) mass is 340 g/mol. The summed E-state index contributed by atoms with van der Waals surface area (Å²) in [5.41, 5.74) is 1.68. The number of rotatable bonds is 5. The summed E-state index contributed by atoms with van der Waals surface area (Å²) in [6.45, 7) is 2.53. The van der Waals surface area contributed by atoms with Crippen LogP contribution in [0.2, 0.25) is 0 Å². The number of hydrogen-bond donors (Lipinski definition) is 2. The van der Waals surface area contributed by atoms with E-state index in [-0.39, 0.29) is 5.75 Å². The molecule has 0 aliphatic rings. The van der Waals surface area contributed by atoms with Crippen LogP contribution in [0.3, 0.4) is 0 Å².